The minimum atomic E-state index is -0.541. The Balaban J connectivity index is 2.02. The average molecular weight is 409 g/mol. The highest BCUT2D eigenvalue weighted by atomic mass is 32.2. The van der Waals surface area contributed by atoms with Crippen LogP contribution in [0.5, 0.6) is 0 Å². The predicted octanol–water partition coefficient (Wildman–Crippen LogP) is 3.56. The molecule has 148 valence electrons. The number of carbonyl (C=O) groups is 2. The van der Waals surface area contributed by atoms with Gasteiger partial charge in [-0.3, -0.25) is 14.5 Å². The molecule has 0 bridgehead atoms. The number of benzene rings is 2. The molecule has 1 saturated heterocycles. The van der Waals surface area contributed by atoms with Crippen molar-refractivity contribution in [3.63, 3.8) is 0 Å². The number of nitrogens with zero attached hydrogens (tertiary/aromatic N) is 2. The van der Waals surface area contributed by atoms with Gasteiger partial charge in [0.2, 0.25) is 5.91 Å². The summed E-state index contributed by atoms with van der Waals surface area (Å²) in [5.74, 6) is -1.10. The quantitative estimate of drug-likeness (QED) is 0.605. The maximum atomic E-state index is 13.2. The van der Waals surface area contributed by atoms with Gasteiger partial charge in [0.25, 0.3) is 5.91 Å². The van der Waals surface area contributed by atoms with Gasteiger partial charge >= 0.3 is 0 Å². The normalized spacial score (nSPS) is 17.8. The van der Waals surface area contributed by atoms with Crippen LogP contribution in [0.4, 0.5) is 10.1 Å². The number of thioether (sulfide) groups is 1. The Morgan fingerprint density at radius 3 is 2.34 bits per heavy atom. The second-order valence-electron chi connectivity index (χ2n) is 6.50. The molecular formula is C22H20FN3O2S. The highest BCUT2D eigenvalue weighted by Gasteiger charge is 2.40. The van der Waals surface area contributed by atoms with Crippen molar-refractivity contribution in [2.24, 2.45) is 0 Å². The Morgan fingerprint density at radius 2 is 1.79 bits per heavy atom. The van der Waals surface area contributed by atoms with E-state index in [0.29, 0.717) is 17.1 Å². The Kier molecular flexibility index (Phi) is 6.35. The lowest BCUT2D eigenvalue weighted by atomic mass is 10.1. The smallest absolute Gasteiger partial charge is 0.264 e. The van der Waals surface area contributed by atoms with Crippen molar-refractivity contribution in [1.29, 1.82) is 5.26 Å². The highest BCUT2D eigenvalue weighted by molar-refractivity contribution is 8.05. The SMILES string of the molecule is CCc1ccc(N2C(=O)C(Cc3ccc(F)cc3)S/C2=C(/C#N)C(=O)NC)cc1. The largest absolute Gasteiger partial charge is 0.354 e. The van der Waals surface area contributed by atoms with E-state index in [4.69, 9.17) is 0 Å². The van der Waals surface area contributed by atoms with Crippen LogP contribution in [0, 0.1) is 17.1 Å². The molecule has 0 saturated carbocycles. The lowest BCUT2D eigenvalue weighted by Crippen LogP contribution is -2.31. The Bertz CT molecular complexity index is 994. The minimum absolute atomic E-state index is 0.105. The molecule has 0 aliphatic carbocycles. The van der Waals surface area contributed by atoms with E-state index in [1.807, 2.05) is 37.3 Å². The van der Waals surface area contributed by atoms with Gasteiger partial charge in [0.05, 0.1) is 5.25 Å². The van der Waals surface area contributed by atoms with E-state index in [-0.39, 0.29) is 17.3 Å². The number of anilines is 1. The van der Waals surface area contributed by atoms with Crippen LogP contribution >= 0.6 is 11.8 Å². The second-order valence-corrected chi connectivity index (χ2v) is 7.69. The van der Waals surface area contributed by atoms with Crippen molar-refractivity contribution in [3.8, 4) is 6.07 Å². The summed E-state index contributed by atoms with van der Waals surface area (Å²) >= 11 is 1.19. The van der Waals surface area contributed by atoms with Gasteiger partial charge in [0, 0.05) is 12.7 Å². The van der Waals surface area contributed by atoms with Gasteiger partial charge in [-0.25, -0.2) is 4.39 Å². The van der Waals surface area contributed by atoms with E-state index < -0.39 is 11.2 Å². The third-order valence-corrected chi connectivity index (χ3v) is 5.93. The third-order valence-electron chi connectivity index (χ3n) is 4.67. The zero-order valence-corrected chi connectivity index (χ0v) is 16.9. The van der Waals surface area contributed by atoms with Crippen molar-refractivity contribution in [3.05, 3.63) is 76.1 Å². The standard InChI is InChI=1S/C22H20FN3O2S/c1-3-14-6-10-17(11-7-14)26-21(28)19(12-15-4-8-16(23)9-5-15)29-22(26)18(13-24)20(27)25-2/h4-11,19H,3,12H2,1-2H3,(H,25,27)/b22-18-. The summed E-state index contributed by atoms with van der Waals surface area (Å²) in [5.41, 5.74) is 2.42. The van der Waals surface area contributed by atoms with Crippen LogP contribution in [0.15, 0.2) is 59.1 Å². The van der Waals surface area contributed by atoms with Gasteiger partial charge in [-0.2, -0.15) is 5.26 Å². The first kappa shape index (κ1) is 20.6. The van der Waals surface area contributed by atoms with Crippen molar-refractivity contribution in [2.45, 2.75) is 25.0 Å². The fraction of sp³-hybridized carbons (Fsp3) is 0.227. The van der Waals surface area contributed by atoms with Gasteiger partial charge in [0.15, 0.2) is 0 Å². The van der Waals surface area contributed by atoms with E-state index >= 15 is 0 Å². The second kappa shape index (κ2) is 8.93. The summed E-state index contributed by atoms with van der Waals surface area (Å²) in [6.45, 7) is 2.04. The number of likely N-dealkylation sites (N-methyl/N-ethyl adjacent to an activating group) is 1. The van der Waals surface area contributed by atoms with Crippen LogP contribution < -0.4 is 10.2 Å². The number of hydrogen-bond donors (Lipinski definition) is 1. The van der Waals surface area contributed by atoms with E-state index in [9.17, 15) is 19.2 Å². The first-order chi connectivity index (χ1) is 14.0. The molecule has 1 N–H and O–H groups in total. The van der Waals surface area contributed by atoms with Gasteiger partial charge in [0.1, 0.15) is 22.5 Å². The average Bonchev–Trinajstić information content (AvgIpc) is 3.05. The zero-order valence-electron chi connectivity index (χ0n) is 16.1. The molecule has 0 aromatic heterocycles. The van der Waals surface area contributed by atoms with Gasteiger partial charge < -0.3 is 5.32 Å². The third kappa shape index (κ3) is 4.33. The van der Waals surface area contributed by atoms with Crippen molar-refractivity contribution >= 4 is 29.3 Å². The van der Waals surface area contributed by atoms with Crippen molar-refractivity contribution in [2.75, 3.05) is 11.9 Å². The molecule has 29 heavy (non-hydrogen) atoms. The Labute approximate surface area is 173 Å². The number of hydrogen-bond acceptors (Lipinski definition) is 4. The number of carbonyl (C=O) groups excluding carboxylic acids is 2. The molecule has 1 aliphatic heterocycles. The van der Waals surface area contributed by atoms with Gasteiger partial charge in [-0.05, 0) is 48.2 Å². The highest BCUT2D eigenvalue weighted by Crippen LogP contribution is 2.42. The Hall–Kier alpha value is -3.11. The molecule has 1 fully saturated rings. The van der Waals surface area contributed by atoms with Gasteiger partial charge in [-0.15, -0.1) is 0 Å². The van der Waals surface area contributed by atoms with Crippen LogP contribution in [-0.2, 0) is 22.4 Å². The molecule has 1 atom stereocenters. The predicted molar refractivity (Wildman–Crippen MR) is 111 cm³/mol. The number of amides is 2. The monoisotopic (exact) mass is 409 g/mol. The first-order valence-electron chi connectivity index (χ1n) is 9.19. The molecule has 1 heterocycles. The van der Waals surface area contributed by atoms with E-state index in [1.165, 1.54) is 35.8 Å². The zero-order chi connectivity index (χ0) is 21.0. The summed E-state index contributed by atoms with van der Waals surface area (Å²) < 4.78 is 13.2. The number of halogens is 1. The molecule has 0 spiro atoms. The van der Waals surface area contributed by atoms with Gasteiger partial charge in [-0.1, -0.05) is 43.0 Å². The molecule has 0 radical (unpaired) electrons. The summed E-state index contributed by atoms with van der Waals surface area (Å²) in [6.07, 6.45) is 1.23. The minimum Gasteiger partial charge on any atom is -0.354 e. The molecule has 7 heteroatoms. The molecule has 2 aromatic carbocycles. The number of nitrogens with one attached hydrogen (secondary N) is 1. The number of nitriles is 1. The summed E-state index contributed by atoms with van der Waals surface area (Å²) in [5, 5.41) is 11.8. The van der Waals surface area contributed by atoms with E-state index in [1.54, 1.807) is 12.1 Å². The molecular weight excluding hydrogens is 389 g/mol. The molecule has 2 amide bonds. The topological polar surface area (TPSA) is 73.2 Å². The number of rotatable bonds is 5. The van der Waals surface area contributed by atoms with Crippen LogP contribution in [0.1, 0.15) is 18.1 Å². The summed E-state index contributed by atoms with van der Waals surface area (Å²) in [6, 6.07) is 15.4. The number of aryl methyl sites for hydroxylation is 1. The molecule has 5 nitrogen and oxygen atoms in total. The maximum Gasteiger partial charge on any atom is 0.264 e. The fourth-order valence-electron chi connectivity index (χ4n) is 3.06. The van der Waals surface area contributed by atoms with E-state index in [2.05, 4.69) is 5.32 Å². The van der Waals surface area contributed by atoms with E-state index in [0.717, 1.165) is 17.5 Å². The van der Waals surface area contributed by atoms with Crippen molar-refractivity contribution in [1.82, 2.24) is 5.32 Å². The van der Waals surface area contributed by atoms with Crippen molar-refractivity contribution < 1.29 is 14.0 Å². The molecule has 3 rings (SSSR count). The van der Waals surface area contributed by atoms with Crippen LogP contribution in [-0.4, -0.2) is 24.1 Å². The van der Waals surface area contributed by atoms with Crippen LogP contribution in [0.2, 0.25) is 0 Å². The molecule has 2 aromatic rings. The first-order valence-corrected chi connectivity index (χ1v) is 10.1. The summed E-state index contributed by atoms with van der Waals surface area (Å²) in [4.78, 5) is 26.9. The molecule has 1 aliphatic rings. The summed E-state index contributed by atoms with van der Waals surface area (Å²) in [7, 11) is 1.44. The fourth-order valence-corrected chi connectivity index (χ4v) is 4.37. The Morgan fingerprint density at radius 1 is 1.17 bits per heavy atom. The molecule has 1 unspecified atom stereocenters. The van der Waals surface area contributed by atoms with Crippen LogP contribution in [0.3, 0.4) is 0 Å². The maximum absolute atomic E-state index is 13.2. The lowest BCUT2D eigenvalue weighted by Gasteiger charge is -2.19. The lowest BCUT2D eigenvalue weighted by molar-refractivity contribution is -0.117. The van der Waals surface area contributed by atoms with Crippen LogP contribution in [0.25, 0.3) is 0 Å².